The molecule has 3 N–H and O–H groups in total. The molecule has 6 nitrogen and oxygen atoms in total. The zero-order valence-electron chi connectivity index (χ0n) is 13.2. The number of nitrogens with one attached hydrogen (secondary N) is 3. The van der Waals surface area contributed by atoms with Crippen molar-refractivity contribution in [3.8, 4) is 0 Å². The van der Waals surface area contributed by atoms with Crippen LogP contribution in [0.15, 0.2) is 30.3 Å². The average molecular weight is 425 g/mol. The van der Waals surface area contributed by atoms with Crippen LogP contribution in [0.2, 0.25) is 0 Å². The number of hydrogen-bond donors (Lipinski definition) is 3. The summed E-state index contributed by atoms with van der Waals surface area (Å²) in [5.74, 6) is 1.28. The summed E-state index contributed by atoms with van der Waals surface area (Å²) >= 11 is 2.19. The summed E-state index contributed by atoms with van der Waals surface area (Å²) in [4.78, 5) is 20.7. The molecule has 1 amide bonds. The first-order valence-corrected chi connectivity index (χ1v) is 8.53. The quantitative estimate of drug-likeness (QED) is 0.470. The third-order valence-electron chi connectivity index (χ3n) is 2.99. The summed E-state index contributed by atoms with van der Waals surface area (Å²) < 4.78 is 1.04. The smallest absolute Gasteiger partial charge is 0.251 e. The van der Waals surface area contributed by atoms with Gasteiger partial charge in [0.05, 0.1) is 0 Å². The van der Waals surface area contributed by atoms with Gasteiger partial charge < -0.3 is 16.0 Å². The lowest BCUT2D eigenvalue weighted by atomic mass is 10.2. The molecule has 0 bridgehead atoms. The molecule has 0 radical (unpaired) electrons. The minimum absolute atomic E-state index is 0.0798. The Morgan fingerprint density at radius 2 is 2.00 bits per heavy atom. The van der Waals surface area contributed by atoms with Gasteiger partial charge in [-0.05, 0) is 54.6 Å². The van der Waals surface area contributed by atoms with Gasteiger partial charge in [-0.25, -0.2) is 4.98 Å². The van der Waals surface area contributed by atoms with Gasteiger partial charge in [-0.2, -0.15) is 4.98 Å². The van der Waals surface area contributed by atoms with Crippen molar-refractivity contribution < 1.29 is 4.79 Å². The summed E-state index contributed by atoms with van der Waals surface area (Å²) in [7, 11) is 0. The van der Waals surface area contributed by atoms with Crippen LogP contribution in [-0.2, 0) is 0 Å². The lowest BCUT2D eigenvalue weighted by Crippen LogP contribution is -2.29. The molecule has 23 heavy (non-hydrogen) atoms. The van der Waals surface area contributed by atoms with Gasteiger partial charge in [0, 0.05) is 40.5 Å². The maximum absolute atomic E-state index is 12.0. The van der Waals surface area contributed by atoms with E-state index in [0.717, 1.165) is 21.6 Å². The fraction of sp³-hybridized carbons (Fsp3) is 0.312. The van der Waals surface area contributed by atoms with E-state index >= 15 is 0 Å². The monoisotopic (exact) mass is 425 g/mol. The van der Waals surface area contributed by atoms with Gasteiger partial charge in [-0.3, -0.25) is 4.79 Å². The molecule has 1 aromatic heterocycles. The second kappa shape index (κ2) is 8.66. The van der Waals surface area contributed by atoms with Crippen molar-refractivity contribution in [2.24, 2.45) is 0 Å². The average Bonchev–Trinajstić information content (AvgIpc) is 2.51. The molecule has 7 heteroatoms. The normalized spacial score (nSPS) is 10.2. The predicted molar refractivity (Wildman–Crippen MR) is 101 cm³/mol. The Morgan fingerprint density at radius 1 is 1.17 bits per heavy atom. The summed E-state index contributed by atoms with van der Waals surface area (Å²) in [6.07, 6.45) is 0. The molecule has 0 spiro atoms. The van der Waals surface area contributed by atoms with E-state index in [4.69, 9.17) is 0 Å². The molecule has 0 saturated carbocycles. The number of rotatable bonds is 7. The Bertz CT molecular complexity index is 677. The Morgan fingerprint density at radius 3 is 2.74 bits per heavy atom. The van der Waals surface area contributed by atoms with E-state index in [9.17, 15) is 4.79 Å². The van der Waals surface area contributed by atoms with Crippen LogP contribution in [0, 0.1) is 10.5 Å². The molecule has 0 aliphatic heterocycles. The highest BCUT2D eigenvalue weighted by atomic mass is 127. The van der Waals surface area contributed by atoms with E-state index in [-0.39, 0.29) is 5.91 Å². The molecule has 1 aromatic carbocycles. The molecule has 0 atom stereocenters. The number of carbonyl (C=O) groups is 1. The molecule has 0 aliphatic rings. The van der Waals surface area contributed by atoms with Gasteiger partial charge in [-0.1, -0.05) is 6.07 Å². The number of amides is 1. The SMILES string of the molecule is CCNc1cc(C)nc(NCCNC(=O)c2cccc(I)c2)n1. The topological polar surface area (TPSA) is 78.9 Å². The molecule has 122 valence electrons. The lowest BCUT2D eigenvalue weighted by Gasteiger charge is -2.09. The first kappa shape index (κ1) is 17.5. The van der Waals surface area contributed by atoms with Crippen molar-refractivity contribution in [1.29, 1.82) is 0 Å². The number of hydrogen-bond acceptors (Lipinski definition) is 5. The highest BCUT2D eigenvalue weighted by Crippen LogP contribution is 2.09. The van der Waals surface area contributed by atoms with E-state index in [1.54, 1.807) is 6.07 Å². The molecular weight excluding hydrogens is 405 g/mol. The third-order valence-corrected chi connectivity index (χ3v) is 3.66. The largest absolute Gasteiger partial charge is 0.370 e. The summed E-state index contributed by atoms with van der Waals surface area (Å²) in [5.41, 5.74) is 1.56. The number of halogens is 1. The van der Waals surface area contributed by atoms with Crippen LogP contribution < -0.4 is 16.0 Å². The van der Waals surface area contributed by atoms with Crippen LogP contribution in [0.5, 0.6) is 0 Å². The zero-order valence-corrected chi connectivity index (χ0v) is 15.3. The lowest BCUT2D eigenvalue weighted by molar-refractivity contribution is 0.0955. The minimum atomic E-state index is -0.0798. The molecule has 2 rings (SSSR count). The Labute approximate surface area is 149 Å². The number of aryl methyl sites for hydroxylation is 1. The molecule has 2 aromatic rings. The maximum atomic E-state index is 12.0. The predicted octanol–water partition coefficient (Wildman–Crippen LogP) is 2.66. The van der Waals surface area contributed by atoms with Gasteiger partial charge in [-0.15, -0.1) is 0 Å². The summed E-state index contributed by atoms with van der Waals surface area (Å²) in [6, 6.07) is 9.38. The van der Waals surface area contributed by atoms with E-state index in [0.29, 0.717) is 24.6 Å². The van der Waals surface area contributed by atoms with Crippen LogP contribution in [0.4, 0.5) is 11.8 Å². The number of anilines is 2. The van der Waals surface area contributed by atoms with Crippen LogP contribution in [0.3, 0.4) is 0 Å². The highest BCUT2D eigenvalue weighted by molar-refractivity contribution is 14.1. The first-order chi connectivity index (χ1) is 11.1. The molecule has 0 fully saturated rings. The minimum Gasteiger partial charge on any atom is -0.370 e. The third kappa shape index (κ3) is 5.66. The van der Waals surface area contributed by atoms with Crippen LogP contribution in [-0.4, -0.2) is 35.5 Å². The zero-order chi connectivity index (χ0) is 16.7. The Kier molecular flexibility index (Phi) is 6.57. The van der Waals surface area contributed by atoms with Crippen LogP contribution >= 0.6 is 22.6 Å². The molecule has 0 unspecified atom stereocenters. The van der Waals surface area contributed by atoms with Crippen molar-refractivity contribution in [2.45, 2.75) is 13.8 Å². The van der Waals surface area contributed by atoms with E-state index < -0.39 is 0 Å². The molecule has 1 heterocycles. The van der Waals surface area contributed by atoms with E-state index in [1.807, 2.05) is 38.1 Å². The number of benzene rings is 1. The van der Waals surface area contributed by atoms with Gasteiger partial charge >= 0.3 is 0 Å². The van der Waals surface area contributed by atoms with Gasteiger partial charge in [0.15, 0.2) is 0 Å². The Balaban J connectivity index is 1.82. The van der Waals surface area contributed by atoms with Crippen LogP contribution in [0.25, 0.3) is 0 Å². The van der Waals surface area contributed by atoms with Crippen molar-refractivity contribution in [3.63, 3.8) is 0 Å². The number of nitrogens with zero attached hydrogens (tertiary/aromatic N) is 2. The van der Waals surface area contributed by atoms with Gasteiger partial charge in [0.1, 0.15) is 5.82 Å². The maximum Gasteiger partial charge on any atom is 0.251 e. The van der Waals surface area contributed by atoms with Gasteiger partial charge in [0.25, 0.3) is 5.91 Å². The standard InChI is InChI=1S/C16H20IN5O/c1-3-18-14-9-11(2)21-16(22-14)20-8-7-19-15(23)12-5-4-6-13(17)10-12/h4-6,9-10H,3,7-8H2,1-2H3,(H,19,23)(H2,18,20,21,22). The fourth-order valence-corrected chi connectivity index (χ4v) is 2.54. The first-order valence-electron chi connectivity index (χ1n) is 7.45. The van der Waals surface area contributed by atoms with Crippen molar-refractivity contribution in [1.82, 2.24) is 15.3 Å². The van der Waals surface area contributed by atoms with Crippen molar-refractivity contribution >= 4 is 40.3 Å². The van der Waals surface area contributed by atoms with Crippen molar-refractivity contribution in [2.75, 3.05) is 30.3 Å². The molecule has 0 aliphatic carbocycles. The van der Waals surface area contributed by atoms with Crippen molar-refractivity contribution in [3.05, 3.63) is 45.2 Å². The van der Waals surface area contributed by atoms with E-state index in [2.05, 4.69) is 48.5 Å². The summed E-state index contributed by atoms with van der Waals surface area (Å²) in [5, 5.41) is 9.16. The second-order valence-electron chi connectivity index (χ2n) is 4.94. The number of carbonyl (C=O) groups excluding carboxylic acids is 1. The van der Waals surface area contributed by atoms with E-state index in [1.165, 1.54) is 0 Å². The molecular formula is C16H20IN5O. The van der Waals surface area contributed by atoms with Crippen LogP contribution in [0.1, 0.15) is 23.0 Å². The fourth-order valence-electron chi connectivity index (χ4n) is 2.00. The summed E-state index contributed by atoms with van der Waals surface area (Å²) in [6.45, 7) is 5.81. The van der Waals surface area contributed by atoms with Gasteiger partial charge in [0.2, 0.25) is 5.95 Å². The Hall–Kier alpha value is -1.90. The molecule has 0 saturated heterocycles. The second-order valence-corrected chi connectivity index (χ2v) is 6.19. The highest BCUT2D eigenvalue weighted by Gasteiger charge is 2.05. The number of aromatic nitrogens is 2.